The highest BCUT2D eigenvalue weighted by Gasteiger charge is 2.34. The number of hydrogen-bond acceptors (Lipinski definition) is 4. The Labute approximate surface area is 184 Å². The summed E-state index contributed by atoms with van der Waals surface area (Å²) in [5, 5.41) is 0. The molecule has 1 atom stereocenters. The summed E-state index contributed by atoms with van der Waals surface area (Å²) in [6.45, 7) is 7.08. The first-order valence-corrected chi connectivity index (χ1v) is 11.3. The van der Waals surface area contributed by atoms with Gasteiger partial charge in [-0.25, -0.2) is 4.79 Å². The van der Waals surface area contributed by atoms with Gasteiger partial charge < -0.3 is 14.4 Å². The average molecular weight is 422 g/mol. The molecule has 0 aromatic heterocycles. The maximum atomic E-state index is 12.1. The molecule has 0 aliphatic carbocycles. The lowest BCUT2D eigenvalue weighted by Gasteiger charge is -2.34. The van der Waals surface area contributed by atoms with Crippen molar-refractivity contribution >= 4 is 11.9 Å². The van der Waals surface area contributed by atoms with E-state index in [-0.39, 0.29) is 24.1 Å². The van der Waals surface area contributed by atoms with Gasteiger partial charge in [0.1, 0.15) is 11.9 Å². The van der Waals surface area contributed by atoms with Crippen molar-refractivity contribution in [3.8, 4) is 16.9 Å². The third-order valence-electron chi connectivity index (χ3n) is 6.28. The number of likely N-dealkylation sites (tertiary alicyclic amines) is 1. The summed E-state index contributed by atoms with van der Waals surface area (Å²) in [5.74, 6) is 1.58. The van der Waals surface area contributed by atoms with Crippen molar-refractivity contribution < 1.29 is 19.1 Å². The fourth-order valence-electron chi connectivity index (χ4n) is 4.50. The van der Waals surface area contributed by atoms with Gasteiger partial charge in [0.25, 0.3) is 0 Å². The summed E-state index contributed by atoms with van der Waals surface area (Å²) in [5.41, 5.74) is 4.25. The topological polar surface area (TPSA) is 55.8 Å². The summed E-state index contributed by atoms with van der Waals surface area (Å²) in [6, 6.07) is 14.2. The van der Waals surface area contributed by atoms with E-state index in [4.69, 9.17) is 9.47 Å². The van der Waals surface area contributed by atoms with Crippen LogP contribution >= 0.6 is 0 Å². The summed E-state index contributed by atoms with van der Waals surface area (Å²) < 4.78 is 11.6. The van der Waals surface area contributed by atoms with Crippen molar-refractivity contribution in [3.63, 3.8) is 0 Å². The smallest absolute Gasteiger partial charge is 0.410 e. The summed E-state index contributed by atoms with van der Waals surface area (Å²) in [7, 11) is 0. The Hall–Kier alpha value is -2.82. The van der Waals surface area contributed by atoms with E-state index in [2.05, 4.69) is 18.2 Å². The molecule has 2 aliphatic heterocycles. The average Bonchev–Trinajstić information content (AvgIpc) is 3.21. The second-order valence-corrected chi connectivity index (χ2v) is 8.79. The van der Waals surface area contributed by atoms with Crippen LogP contribution < -0.4 is 4.74 Å². The maximum Gasteiger partial charge on any atom is 0.410 e. The third-order valence-corrected chi connectivity index (χ3v) is 6.28. The molecule has 5 nitrogen and oxygen atoms in total. The van der Waals surface area contributed by atoms with Crippen LogP contribution in [0.1, 0.15) is 56.0 Å². The van der Waals surface area contributed by atoms with E-state index in [1.165, 1.54) is 5.56 Å². The Kier molecular flexibility index (Phi) is 6.30. The molecule has 2 aliphatic rings. The number of benzene rings is 2. The number of amides is 1. The number of carbonyl (C=O) groups excluding carboxylic acids is 2. The molecule has 2 aromatic carbocycles. The van der Waals surface area contributed by atoms with Crippen LogP contribution in [-0.2, 0) is 11.2 Å². The van der Waals surface area contributed by atoms with Gasteiger partial charge in [0.05, 0.1) is 6.10 Å². The van der Waals surface area contributed by atoms with E-state index in [0.29, 0.717) is 12.3 Å². The SMILES string of the molecule is CCC(=O)c1ccc(-c2ccc3c(c2)CC(C2CCN(C(=O)OC(C)C)CC2)O3)cc1. The molecule has 4 rings (SSSR count). The first-order chi connectivity index (χ1) is 14.9. The molecule has 1 amide bonds. The van der Waals surface area contributed by atoms with Gasteiger partial charge in [-0.3, -0.25) is 4.79 Å². The quantitative estimate of drug-likeness (QED) is 0.598. The number of nitrogens with zero attached hydrogens (tertiary/aromatic N) is 1. The molecule has 0 bridgehead atoms. The van der Waals surface area contributed by atoms with E-state index < -0.39 is 0 Å². The highest BCUT2D eigenvalue weighted by atomic mass is 16.6. The molecule has 164 valence electrons. The third kappa shape index (κ3) is 4.76. The zero-order valence-electron chi connectivity index (χ0n) is 18.6. The van der Waals surface area contributed by atoms with Crippen molar-refractivity contribution in [3.05, 3.63) is 53.6 Å². The van der Waals surface area contributed by atoms with Gasteiger partial charge in [-0.05, 0) is 61.4 Å². The molecule has 0 N–H and O–H groups in total. The van der Waals surface area contributed by atoms with Crippen LogP contribution in [0.2, 0.25) is 0 Å². The van der Waals surface area contributed by atoms with Crippen LogP contribution in [0, 0.1) is 5.92 Å². The molecule has 1 saturated heterocycles. The number of rotatable bonds is 5. The Balaban J connectivity index is 1.38. The fraction of sp³-hybridized carbons (Fsp3) is 0.462. The lowest BCUT2D eigenvalue weighted by molar-refractivity contribution is 0.0503. The summed E-state index contributed by atoms with van der Waals surface area (Å²) in [6.07, 6.45) is 3.16. The molecule has 1 fully saturated rings. The predicted molar refractivity (Wildman–Crippen MR) is 121 cm³/mol. The minimum absolute atomic E-state index is 0.0876. The molecular weight excluding hydrogens is 390 g/mol. The van der Waals surface area contributed by atoms with Gasteiger partial charge in [0.15, 0.2) is 5.78 Å². The second kappa shape index (κ2) is 9.13. The van der Waals surface area contributed by atoms with Crippen LogP contribution in [0.15, 0.2) is 42.5 Å². The maximum absolute atomic E-state index is 12.1. The van der Waals surface area contributed by atoms with Crippen LogP contribution in [0.4, 0.5) is 4.79 Å². The molecule has 0 saturated carbocycles. The predicted octanol–water partition coefficient (Wildman–Crippen LogP) is 5.51. The first kappa shape index (κ1) is 21.4. The Morgan fingerprint density at radius 1 is 1.06 bits per heavy atom. The Morgan fingerprint density at radius 3 is 2.39 bits per heavy atom. The minimum atomic E-state index is -0.208. The van der Waals surface area contributed by atoms with E-state index >= 15 is 0 Å². The zero-order chi connectivity index (χ0) is 22.0. The first-order valence-electron chi connectivity index (χ1n) is 11.3. The molecule has 1 unspecified atom stereocenters. The number of ether oxygens (including phenoxy) is 2. The number of ketones is 1. The molecule has 0 spiro atoms. The monoisotopic (exact) mass is 421 g/mol. The van der Waals surface area contributed by atoms with Crippen molar-refractivity contribution in [2.45, 2.75) is 58.7 Å². The van der Waals surface area contributed by atoms with Crippen molar-refractivity contribution in [2.75, 3.05) is 13.1 Å². The number of piperidine rings is 1. The van der Waals surface area contributed by atoms with Crippen LogP contribution in [0.25, 0.3) is 11.1 Å². The van der Waals surface area contributed by atoms with E-state index in [0.717, 1.165) is 54.8 Å². The van der Waals surface area contributed by atoms with Gasteiger partial charge >= 0.3 is 6.09 Å². The Bertz CT molecular complexity index is 942. The van der Waals surface area contributed by atoms with Crippen molar-refractivity contribution in [1.82, 2.24) is 4.90 Å². The van der Waals surface area contributed by atoms with E-state index in [1.54, 1.807) is 0 Å². The van der Waals surface area contributed by atoms with Gasteiger partial charge in [-0.1, -0.05) is 37.3 Å². The normalized spacial score (nSPS) is 18.6. The van der Waals surface area contributed by atoms with Crippen LogP contribution in [0.3, 0.4) is 0 Å². The molecule has 31 heavy (non-hydrogen) atoms. The summed E-state index contributed by atoms with van der Waals surface area (Å²) >= 11 is 0. The lowest BCUT2D eigenvalue weighted by atomic mass is 9.88. The lowest BCUT2D eigenvalue weighted by Crippen LogP contribution is -2.43. The highest BCUT2D eigenvalue weighted by molar-refractivity contribution is 5.96. The van der Waals surface area contributed by atoms with Crippen LogP contribution in [-0.4, -0.2) is 42.1 Å². The molecule has 5 heteroatoms. The standard InChI is InChI=1S/C26H31NO4/c1-4-23(28)19-7-5-18(6-8-19)21-9-10-24-22(15-21)16-25(31-24)20-11-13-27(14-12-20)26(29)30-17(2)3/h5-10,15,17,20,25H,4,11-14,16H2,1-3H3. The summed E-state index contributed by atoms with van der Waals surface area (Å²) in [4.78, 5) is 25.8. The Morgan fingerprint density at radius 2 is 1.74 bits per heavy atom. The van der Waals surface area contributed by atoms with E-state index in [1.807, 2.05) is 49.9 Å². The largest absolute Gasteiger partial charge is 0.490 e. The number of Topliss-reactive ketones (excluding diaryl/α,β-unsaturated/α-hetero) is 1. The molecule has 2 heterocycles. The van der Waals surface area contributed by atoms with Crippen molar-refractivity contribution in [1.29, 1.82) is 0 Å². The van der Waals surface area contributed by atoms with Crippen LogP contribution in [0.5, 0.6) is 5.75 Å². The molecule has 0 radical (unpaired) electrons. The van der Waals surface area contributed by atoms with E-state index in [9.17, 15) is 9.59 Å². The van der Waals surface area contributed by atoms with Gasteiger partial charge in [0, 0.05) is 31.5 Å². The molecule has 2 aromatic rings. The number of carbonyl (C=O) groups is 2. The van der Waals surface area contributed by atoms with Crippen molar-refractivity contribution in [2.24, 2.45) is 5.92 Å². The number of hydrogen-bond donors (Lipinski definition) is 0. The zero-order valence-corrected chi connectivity index (χ0v) is 18.6. The molecular formula is C26H31NO4. The van der Waals surface area contributed by atoms with Gasteiger partial charge in [-0.15, -0.1) is 0 Å². The highest BCUT2D eigenvalue weighted by Crippen LogP contribution is 2.37. The fourth-order valence-corrected chi connectivity index (χ4v) is 4.50. The number of fused-ring (bicyclic) bond motifs is 1. The minimum Gasteiger partial charge on any atom is -0.490 e. The van der Waals surface area contributed by atoms with Gasteiger partial charge in [-0.2, -0.15) is 0 Å². The second-order valence-electron chi connectivity index (χ2n) is 8.79. The van der Waals surface area contributed by atoms with Gasteiger partial charge in [0.2, 0.25) is 0 Å².